The first kappa shape index (κ1) is 19.8. The summed E-state index contributed by atoms with van der Waals surface area (Å²) < 4.78 is 34.4. The quantitative estimate of drug-likeness (QED) is 0.464. The normalized spacial score (nSPS) is 10.1. The minimum atomic E-state index is -4.03. The van der Waals surface area contributed by atoms with Crippen LogP contribution in [0.25, 0.3) is 0 Å². The predicted octanol–water partition coefficient (Wildman–Crippen LogP) is 1.82. The minimum absolute atomic E-state index is 0.0278. The Morgan fingerprint density at radius 1 is 1.27 bits per heavy atom. The smallest absolute Gasteiger partial charge is 0.306 e. The lowest BCUT2D eigenvalue weighted by molar-refractivity contribution is -0.146. The van der Waals surface area contributed by atoms with E-state index in [1.54, 1.807) is 25.1 Å². The maximum Gasteiger partial charge on any atom is 0.306 e. The summed E-state index contributed by atoms with van der Waals surface area (Å²) >= 11 is 0. The number of ether oxygens (including phenoxy) is 1. The molecule has 0 heterocycles. The Bertz CT molecular complexity index is 620. The van der Waals surface area contributed by atoms with Crippen molar-refractivity contribution < 1.29 is 32.4 Å². The van der Waals surface area contributed by atoms with Crippen LogP contribution in [0.5, 0.6) is 0 Å². The van der Waals surface area contributed by atoms with Crippen molar-refractivity contribution in [3.63, 3.8) is 0 Å². The highest BCUT2D eigenvalue weighted by Gasteiger charge is 2.10. The number of hydrogen-bond donors (Lipinski definition) is 2. The van der Waals surface area contributed by atoms with Gasteiger partial charge in [-0.05, 0) is 18.6 Å². The molecule has 0 aliphatic rings. The predicted molar refractivity (Wildman–Crippen MR) is 79.0 cm³/mol. The monoisotopic (exact) mass is 330 g/mol. The van der Waals surface area contributed by atoms with Gasteiger partial charge in [0.25, 0.3) is 10.1 Å². The van der Waals surface area contributed by atoms with Gasteiger partial charge in [0, 0.05) is 0 Å². The molecule has 8 heteroatoms. The lowest BCUT2D eigenvalue weighted by Gasteiger charge is -1.99. The molecule has 1 aromatic carbocycles. The molecular weight excluding hydrogens is 312 g/mol. The number of carbonyl (C=O) groups is 2. The molecule has 0 spiro atoms. The molecule has 22 heavy (non-hydrogen) atoms. The van der Waals surface area contributed by atoms with E-state index in [0.717, 1.165) is 0 Å². The van der Waals surface area contributed by atoms with E-state index in [4.69, 9.17) is 9.66 Å². The Morgan fingerprint density at radius 2 is 1.86 bits per heavy atom. The highest BCUT2D eigenvalue weighted by molar-refractivity contribution is 7.85. The van der Waals surface area contributed by atoms with Crippen LogP contribution in [-0.4, -0.2) is 36.6 Å². The molecule has 1 rings (SSSR count). The third-order valence-corrected chi connectivity index (χ3v) is 3.29. The van der Waals surface area contributed by atoms with Crippen LogP contribution < -0.4 is 0 Å². The van der Waals surface area contributed by atoms with Gasteiger partial charge in [-0.2, -0.15) is 8.42 Å². The molecule has 0 unspecified atom stereocenters. The Balaban J connectivity index is 0.000000401. The Hall–Kier alpha value is -2.19. The second kappa shape index (κ2) is 9.69. The third kappa shape index (κ3) is 8.88. The van der Waals surface area contributed by atoms with Gasteiger partial charge in [0.1, 0.15) is 6.61 Å². The van der Waals surface area contributed by atoms with E-state index in [2.05, 4.69) is 11.3 Å². The molecule has 0 aromatic heterocycles. The Morgan fingerprint density at radius 3 is 2.27 bits per heavy atom. The highest BCUT2D eigenvalue weighted by atomic mass is 32.2. The molecule has 0 aliphatic heterocycles. The Labute approximate surface area is 129 Å². The summed E-state index contributed by atoms with van der Waals surface area (Å²) in [6.07, 6.45) is 1.16. The van der Waals surface area contributed by atoms with E-state index in [1.165, 1.54) is 12.1 Å². The summed E-state index contributed by atoms with van der Waals surface area (Å²) in [5, 5.41) is 8.16. The number of rotatable bonds is 6. The average Bonchev–Trinajstić information content (AvgIpc) is 2.42. The molecule has 0 saturated heterocycles. The molecule has 0 amide bonds. The van der Waals surface area contributed by atoms with Crippen LogP contribution in [0.4, 0.5) is 0 Å². The van der Waals surface area contributed by atoms with Crippen LogP contribution in [0.3, 0.4) is 0 Å². The largest absolute Gasteiger partial charge is 0.481 e. The van der Waals surface area contributed by atoms with Gasteiger partial charge in [0.15, 0.2) is 0 Å². The maximum absolute atomic E-state index is 10.6. The van der Waals surface area contributed by atoms with Crippen molar-refractivity contribution in [2.75, 3.05) is 6.61 Å². The van der Waals surface area contributed by atoms with Crippen LogP contribution in [-0.2, 0) is 24.4 Å². The number of carbonyl (C=O) groups excluding carboxylic acids is 1. The van der Waals surface area contributed by atoms with Crippen molar-refractivity contribution in [2.24, 2.45) is 0 Å². The van der Waals surface area contributed by atoms with Crippen LogP contribution in [0, 0.1) is 6.92 Å². The zero-order valence-corrected chi connectivity index (χ0v) is 12.9. The number of esters is 1. The SMILES string of the molecule is C=CCOC(=O)CCC(=O)O.Cc1ccccc1S(=O)(=O)O. The molecule has 0 bridgehead atoms. The minimum Gasteiger partial charge on any atom is -0.481 e. The van der Waals surface area contributed by atoms with Gasteiger partial charge in [-0.1, -0.05) is 30.9 Å². The molecule has 0 fully saturated rings. The zero-order valence-electron chi connectivity index (χ0n) is 12.1. The van der Waals surface area contributed by atoms with Crippen molar-refractivity contribution in [3.8, 4) is 0 Å². The molecule has 7 nitrogen and oxygen atoms in total. The lowest BCUT2D eigenvalue weighted by atomic mass is 10.2. The van der Waals surface area contributed by atoms with E-state index in [0.29, 0.717) is 5.56 Å². The number of benzene rings is 1. The van der Waals surface area contributed by atoms with Gasteiger partial charge in [-0.15, -0.1) is 0 Å². The van der Waals surface area contributed by atoms with E-state index in [-0.39, 0.29) is 24.3 Å². The molecule has 0 aliphatic carbocycles. The summed E-state index contributed by atoms with van der Waals surface area (Å²) in [6, 6.07) is 6.27. The Kier molecular flexibility index (Phi) is 8.73. The van der Waals surface area contributed by atoms with Crippen LogP contribution in [0.15, 0.2) is 41.8 Å². The first-order valence-corrected chi connectivity index (χ1v) is 7.64. The second-order valence-electron chi connectivity index (χ2n) is 4.11. The fourth-order valence-corrected chi connectivity index (χ4v) is 2.00. The molecule has 0 saturated carbocycles. The first-order valence-electron chi connectivity index (χ1n) is 6.20. The summed E-state index contributed by atoms with van der Waals surface area (Å²) in [7, 11) is -4.03. The number of aryl methyl sites for hydroxylation is 1. The lowest BCUT2D eigenvalue weighted by Crippen LogP contribution is -2.07. The summed E-state index contributed by atoms with van der Waals surface area (Å²) in [4.78, 5) is 20.5. The first-order chi connectivity index (χ1) is 10.2. The van der Waals surface area contributed by atoms with E-state index in [9.17, 15) is 18.0 Å². The fraction of sp³-hybridized carbons (Fsp3) is 0.286. The number of carboxylic acids is 1. The molecular formula is C14H18O7S. The molecule has 0 radical (unpaired) electrons. The van der Waals surface area contributed by atoms with Crippen molar-refractivity contribution in [1.82, 2.24) is 0 Å². The summed E-state index contributed by atoms with van der Waals surface area (Å²) in [5.74, 6) is -1.51. The van der Waals surface area contributed by atoms with Crippen LogP contribution in [0.1, 0.15) is 18.4 Å². The van der Waals surface area contributed by atoms with Crippen molar-refractivity contribution in [3.05, 3.63) is 42.5 Å². The third-order valence-electron chi connectivity index (χ3n) is 2.28. The van der Waals surface area contributed by atoms with Crippen molar-refractivity contribution in [1.29, 1.82) is 0 Å². The highest BCUT2D eigenvalue weighted by Crippen LogP contribution is 2.12. The molecule has 1 aromatic rings. The topological polar surface area (TPSA) is 118 Å². The molecule has 122 valence electrons. The van der Waals surface area contributed by atoms with Gasteiger partial charge in [-0.25, -0.2) is 0 Å². The van der Waals surface area contributed by atoms with Gasteiger partial charge in [-0.3, -0.25) is 14.1 Å². The van der Waals surface area contributed by atoms with Crippen LogP contribution >= 0.6 is 0 Å². The average molecular weight is 330 g/mol. The summed E-state index contributed by atoms with van der Waals surface area (Å²) in [5.41, 5.74) is 0.551. The van der Waals surface area contributed by atoms with Gasteiger partial charge < -0.3 is 9.84 Å². The number of aliphatic carboxylic acids is 1. The standard InChI is InChI=1S/C7H10O4.C7H8O3S/c1-2-5-11-7(10)4-3-6(8)9;1-6-4-2-3-5-7(6)11(8,9)10/h2H,1,3-5H2,(H,8,9);2-5H,1H3,(H,8,9,10). The molecule has 0 atom stereocenters. The zero-order chi connectivity index (χ0) is 17.2. The number of hydrogen-bond acceptors (Lipinski definition) is 5. The fourth-order valence-electron chi connectivity index (χ4n) is 1.28. The van der Waals surface area contributed by atoms with Crippen LogP contribution in [0.2, 0.25) is 0 Å². The van der Waals surface area contributed by atoms with Crippen molar-refractivity contribution in [2.45, 2.75) is 24.7 Å². The maximum atomic E-state index is 10.6. The van der Waals surface area contributed by atoms with E-state index >= 15 is 0 Å². The second-order valence-corrected chi connectivity index (χ2v) is 5.50. The van der Waals surface area contributed by atoms with Gasteiger partial charge in [0.2, 0.25) is 0 Å². The van der Waals surface area contributed by atoms with Crippen molar-refractivity contribution >= 4 is 22.1 Å². The van der Waals surface area contributed by atoms with Gasteiger partial charge in [0.05, 0.1) is 17.7 Å². The molecule has 2 N–H and O–H groups in total. The van der Waals surface area contributed by atoms with Gasteiger partial charge >= 0.3 is 11.9 Å². The van der Waals surface area contributed by atoms with E-state index in [1.807, 2.05) is 0 Å². The summed E-state index contributed by atoms with van der Waals surface area (Å²) in [6.45, 7) is 5.10. The van der Waals surface area contributed by atoms with E-state index < -0.39 is 22.1 Å². The number of carboxylic acid groups (broad SMARTS) is 1.